The van der Waals surface area contributed by atoms with E-state index in [-0.39, 0.29) is 30.6 Å². The molecule has 0 saturated carbocycles. The van der Waals surface area contributed by atoms with Crippen LogP contribution in [0.5, 0.6) is 0 Å². The molecule has 2 N–H and O–H groups in total. The maximum absolute atomic E-state index is 13.0. The summed E-state index contributed by atoms with van der Waals surface area (Å²) in [5.41, 5.74) is 0.516. The van der Waals surface area contributed by atoms with Crippen LogP contribution in [0.25, 0.3) is 0 Å². The van der Waals surface area contributed by atoms with E-state index in [1.165, 1.54) is 23.1 Å². The third-order valence-electron chi connectivity index (χ3n) is 4.71. The molecular formula is C22H26F3N3O2. The van der Waals surface area contributed by atoms with Gasteiger partial charge in [0.05, 0.1) is 24.3 Å². The highest BCUT2D eigenvalue weighted by atomic mass is 19.4. The molecule has 162 valence electrons. The van der Waals surface area contributed by atoms with E-state index in [1.807, 2.05) is 24.3 Å². The molecule has 0 spiro atoms. The molecule has 1 atom stereocenters. The van der Waals surface area contributed by atoms with E-state index in [9.17, 15) is 22.8 Å². The Balaban J connectivity index is 1.94. The Labute approximate surface area is 174 Å². The fourth-order valence-corrected chi connectivity index (χ4v) is 3.03. The first kappa shape index (κ1) is 23.4. The zero-order chi connectivity index (χ0) is 22.3. The molecule has 0 fully saturated rings. The van der Waals surface area contributed by atoms with Crippen molar-refractivity contribution >= 4 is 23.2 Å². The summed E-state index contributed by atoms with van der Waals surface area (Å²) < 4.78 is 39.1. The molecule has 5 nitrogen and oxygen atoms in total. The maximum atomic E-state index is 13.0. The lowest BCUT2D eigenvalue weighted by Gasteiger charge is -2.19. The second kappa shape index (κ2) is 10.2. The normalized spacial score (nSPS) is 12.5. The summed E-state index contributed by atoms with van der Waals surface area (Å²) in [6.07, 6.45) is -3.65. The molecule has 0 unspecified atom stereocenters. The second-order valence-corrected chi connectivity index (χ2v) is 7.21. The van der Waals surface area contributed by atoms with Gasteiger partial charge in [0.2, 0.25) is 11.8 Å². The summed E-state index contributed by atoms with van der Waals surface area (Å²) in [6, 6.07) is 12.3. The Hall–Kier alpha value is -2.87. The summed E-state index contributed by atoms with van der Waals surface area (Å²) in [5.74, 6) is -0.669. The first-order chi connectivity index (χ1) is 14.1. The molecule has 0 aliphatic carbocycles. The van der Waals surface area contributed by atoms with Crippen molar-refractivity contribution < 1.29 is 22.8 Å². The number of hydrogen-bond acceptors (Lipinski definition) is 3. The molecule has 0 heterocycles. The molecular weight excluding hydrogens is 395 g/mol. The number of benzene rings is 2. The SMILES string of the molecule is CC[C@H](C)c1ccccc1NC(=O)CN(C)CC(=O)Nc1ccccc1C(F)(F)F. The summed E-state index contributed by atoms with van der Waals surface area (Å²) in [5, 5.41) is 5.12. The minimum absolute atomic E-state index is 0.0802. The van der Waals surface area contributed by atoms with Crippen LogP contribution in [0.4, 0.5) is 24.5 Å². The van der Waals surface area contributed by atoms with Crippen molar-refractivity contribution in [1.82, 2.24) is 4.90 Å². The van der Waals surface area contributed by atoms with Crippen LogP contribution >= 0.6 is 0 Å². The standard InChI is InChI=1S/C22H26F3N3O2/c1-4-15(2)16-9-5-7-11-18(16)26-20(29)13-28(3)14-21(30)27-19-12-8-6-10-17(19)22(23,24)25/h5-12,15H,4,13-14H2,1-3H3,(H,26,29)(H,27,30)/t15-/m0/s1. The van der Waals surface area contributed by atoms with Gasteiger partial charge in [0.1, 0.15) is 0 Å². The van der Waals surface area contributed by atoms with Gasteiger partial charge >= 0.3 is 6.18 Å². The van der Waals surface area contributed by atoms with Crippen molar-refractivity contribution in [2.75, 3.05) is 30.8 Å². The second-order valence-electron chi connectivity index (χ2n) is 7.21. The van der Waals surface area contributed by atoms with Gasteiger partial charge in [-0.05, 0) is 43.1 Å². The van der Waals surface area contributed by atoms with Crippen LogP contribution in [0.15, 0.2) is 48.5 Å². The Morgan fingerprint density at radius 1 is 0.933 bits per heavy atom. The number of rotatable bonds is 8. The van der Waals surface area contributed by atoms with Crippen LogP contribution in [-0.4, -0.2) is 36.9 Å². The number of para-hydroxylation sites is 2. The van der Waals surface area contributed by atoms with Gasteiger partial charge in [0.15, 0.2) is 0 Å². The molecule has 2 aromatic rings. The third kappa shape index (κ3) is 6.59. The van der Waals surface area contributed by atoms with Gasteiger partial charge in [0, 0.05) is 5.69 Å². The number of nitrogens with one attached hydrogen (secondary N) is 2. The van der Waals surface area contributed by atoms with Crippen LogP contribution < -0.4 is 10.6 Å². The van der Waals surface area contributed by atoms with Crippen LogP contribution in [0.2, 0.25) is 0 Å². The number of alkyl halides is 3. The first-order valence-corrected chi connectivity index (χ1v) is 9.65. The van der Waals surface area contributed by atoms with E-state index < -0.39 is 17.6 Å². The Morgan fingerprint density at radius 3 is 2.00 bits per heavy atom. The number of likely N-dealkylation sites (N-methyl/N-ethyl adjacent to an activating group) is 1. The fourth-order valence-electron chi connectivity index (χ4n) is 3.03. The summed E-state index contributed by atoms with van der Waals surface area (Å²) in [4.78, 5) is 26.0. The average molecular weight is 421 g/mol. The van der Waals surface area contributed by atoms with Crippen molar-refractivity contribution in [3.8, 4) is 0 Å². The maximum Gasteiger partial charge on any atom is 0.418 e. The smallest absolute Gasteiger partial charge is 0.325 e. The lowest BCUT2D eigenvalue weighted by atomic mass is 9.97. The van der Waals surface area contributed by atoms with Gasteiger partial charge < -0.3 is 10.6 Å². The lowest BCUT2D eigenvalue weighted by molar-refractivity contribution is -0.137. The van der Waals surface area contributed by atoms with Crippen molar-refractivity contribution in [3.63, 3.8) is 0 Å². The molecule has 2 aromatic carbocycles. The number of anilines is 2. The Bertz CT molecular complexity index is 884. The zero-order valence-corrected chi connectivity index (χ0v) is 17.2. The van der Waals surface area contributed by atoms with E-state index in [4.69, 9.17) is 0 Å². The van der Waals surface area contributed by atoms with Gasteiger partial charge in [-0.3, -0.25) is 14.5 Å². The van der Waals surface area contributed by atoms with Gasteiger partial charge in [-0.15, -0.1) is 0 Å². The molecule has 2 amide bonds. The van der Waals surface area contributed by atoms with Gasteiger partial charge in [-0.2, -0.15) is 13.2 Å². The molecule has 30 heavy (non-hydrogen) atoms. The van der Waals surface area contributed by atoms with Crippen molar-refractivity contribution in [2.45, 2.75) is 32.4 Å². The quantitative estimate of drug-likeness (QED) is 0.648. The molecule has 0 aromatic heterocycles. The molecule has 0 aliphatic heterocycles. The monoisotopic (exact) mass is 421 g/mol. The number of carbonyl (C=O) groups is 2. The molecule has 0 radical (unpaired) electrons. The third-order valence-corrected chi connectivity index (χ3v) is 4.71. The zero-order valence-electron chi connectivity index (χ0n) is 17.2. The summed E-state index contributed by atoms with van der Waals surface area (Å²) in [6.45, 7) is 3.82. The summed E-state index contributed by atoms with van der Waals surface area (Å²) >= 11 is 0. The highest BCUT2D eigenvalue weighted by molar-refractivity contribution is 5.95. The van der Waals surface area contributed by atoms with Gasteiger partial charge in [-0.25, -0.2) is 0 Å². The number of hydrogen-bond donors (Lipinski definition) is 2. The van der Waals surface area contributed by atoms with Crippen molar-refractivity contribution in [1.29, 1.82) is 0 Å². The van der Waals surface area contributed by atoms with Crippen molar-refractivity contribution in [2.24, 2.45) is 0 Å². The topological polar surface area (TPSA) is 61.4 Å². The van der Waals surface area contributed by atoms with E-state index in [0.29, 0.717) is 5.69 Å². The highest BCUT2D eigenvalue weighted by Gasteiger charge is 2.33. The molecule has 0 aliphatic rings. The van der Waals surface area contributed by atoms with E-state index in [0.717, 1.165) is 18.1 Å². The number of amides is 2. The van der Waals surface area contributed by atoms with Gasteiger partial charge in [-0.1, -0.05) is 44.2 Å². The highest BCUT2D eigenvalue weighted by Crippen LogP contribution is 2.34. The molecule has 8 heteroatoms. The number of halogens is 3. The van der Waals surface area contributed by atoms with E-state index in [1.54, 1.807) is 7.05 Å². The van der Waals surface area contributed by atoms with E-state index >= 15 is 0 Å². The Kier molecular flexibility index (Phi) is 8.00. The largest absolute Gasteiger partial charge is 0.418 e. The van der Waals surface area contributed by atoms with Gasteiger partial charge in [0.25, 0.3) is 0 Å². The summed E-state index contributed by atoms with van der Waals surface area (Å²) in [7, 11) is 1.55. The Morgan fingerprint density at radius 2 is 1.43 bits per heavy atom. The minimum atomic E-state index is -4.57. The molecule has 0 saturated heterocycles. The molecule has 2 rings (SSSR count). The van der Waals surface area contributed by atoms with Crippen LogP contribution in [-0.2, 0) is 15.8 Å². The number of carbonyl (C=O) groups excluding carboxylic acids is 2. The van der Waals surface area contributed by atoms with Crippen LogP contribution in [0, 0.1) is 0 Å². The lowest BCUT2D eigenvalue weighted by Crippen LogP contribution is -2.36. The predicted octanol–water partition coefficient (Wildman–Crippen LogP) is 4.73. The van der Waals surface area contributed by atoms with Crippen molar-refractivity contribution in [3.05, 3.63) is 59.7 Å². The molecule has 0 bridgehead atoms. The van der Waals surface area contributed by atoms with Crippen LogP contribution in [0.3, 0.4) is 0 Å². The van der Waals surface area contributed by atoms with Crippen LogP contribution in [0.1, 0.15) is 37.3 Å². The first-order valence-electron chi connectivity index (χ1n) is 9.65. The fraction of sp³-hybridized carbons (Fsp3) is 0.364. The number of nitrogens with zero attached hydrogens (tertiary/aromatic N) is 1. The van der Waals surface area contributed by atoms with E-state index in [2.05, 4.69) is 24.5 Å². The predicted molar refractivity (Wildman–Crippen MR) is 111 cm³/mol. The average Bonchev–Trinajstić information content (AvgIpc) is 2.67. The minimum Gasteiger partial charge on any atom is -0.325 e.